The maximum Gasteiger partial charge on any atom is 0.256 e. The summed E-state index contributed by atoms with van der Waals surface area (Å²) in [6, 6.07) is 18.0. The lowest BCUT2D eigenvalue weighted by Gasteiger charge is -2.09. The number of nitrogens with one attached hydrogen (secondary N) is 1. The lowest BCUT2D eigenvalue weighted by molar-refractivity contribution is -0.110. The standard InChI is InChI=1S/C17H15NO/c1-2-13(12-8-4-3-5-9-12)16-14-10-6-7-11-15(14)18-17(16)19/h3-11H,2H2,1H3,(H,18,19)/b16-13-. The summed E-state index contributed by atoms with van der Waals surface area (Å²) in [5, 5.41) is 2.94. The highest BCUT2D eigenvalue weighted by atomic mass is 16.2. The third-order valence-corrected chi connectivity index (χ3v) is 3.45. The Morgan fingerprint density at radius 1 is 1.00 bits per heavy atom. The monoisotopic (exact) mass is 249 g/mol. The van der Waals surface area contributed by atoms with E-state index in [1.54, 1.807) is 0 Å². The van der Waals surface area contributed by atoms with Crippen LogP contribution < -0.4 is 5.32 Å². The average Bonchev–Trinajstić information content (AvgIpc) is 2.78. The highest BCUT2D eigenvalue weighted by Gasteiger charge is 2.26. The van der Waals surface area contributed by atoms with Crippen LogP contribution in [0.25, 0.3) is 11.1 Å². The molecular formula is C17H15NO. The van der Waals surface area contributed by atoms with Gasteiger partial charge in [-0.1, -0.05) is 55.5 Å². The van der Waals surface area contributed by atoms with E-state index in [1.807, 2.05) is 42.5 Å². The molecule has 0 saturated heterocycles. The highest BCUT2D eigenvalue weighted by molar-refractivity contribution is 6.36. The van der Waals surface area contributed by atoms with Gasteiger partial charge in [-0.05, 0) is 23.6 Å². The summed E-state index contributed by atoms with van der Waals surface area (Å²) >= 11 is 0. The number of amides is 1. The number of rotatable bonds is 2. The van der Waals surface area contributed by atoms with Crippen molar-refractivity contribution in [2.45, 2.75) is 13.3 Å². The highest BCUT2D eigenvalue weighted by Crippen LogP contribution is 2.37. The van der Waals surface area contributed by atoms with Crippen molar-refractivity contribution in [3.05, 3.63) is 65.7 Å². The fourth-order valence-electron chi connectivity index (χ4n) is 2.58. The molecular weight excluding hydrogens is 234 g/mol. The number of carbonyl (C=O) groups excluding carboxylic acids is 1. The van der Waals surface area contributed by atoms with Crippen molar-refractivity contribution in [2.75, 3.05) is 5.32 Å². The smallest absolute Gasteiger partial charge is 0.256 e. The maximum atomic E-state index is 12.2. The normalized spacial score (nSPS) is 15.9. The second kappa shape index (κ2) is 4.73. The van der Waals surface area contributed by atoms with Crippen molar-refractivity contribution < 1.29 is 4.79 Å². The van der Waals surface area contributed by atoms with E-state index in [-0.39, 0.29) is 5.91 Å². The second-order valence-corrected chi connectivity index (χ2v) is 4.57. The predicted molar refractivity (Wildman–Crippen MR) is 78.6 cm³/mol. The van der Waals surface area contributed by atoms with Crippen LogP contribution in [0.5, 0.6) is 0 Å². The van der Waals surface area contributed by atoms with Crippen molar-refractivity contribution in [3.63, 3.8) is 0 Å². The van der Waals surface area contributed by atoms with E-state index < -0.39 is 0 Å². The molecule has 0 aliphatic carbocycles. The van der Waals surface area contributed by atoms with E-state index in [9.17, 15) is 4.79 Å². The number of hydrogen-bond donors (Lipinski definition) is 1. The fraction of sp³-hybridized carbons (Fsp3) is 0.118. The Bertz CT molecular complexity index is 656. The Morgan fingerprint density at radius 3 is 2.42 bits per heavy atom. The first-order chi connectivity index (χ1) is 9.31. The largest absolute Gasteiger partial charge is 0.321 e. The molecule has 0 radical (unpaired) electrons. The molecule has 0 spiro atoms. The SMILES string of the molecule is CC/C(=C1/C(=O)Nc2ccccc21)c1ccccc1. The average molecular weight is 249 g/mol. The van der Waals surface area contributed by atoms with Crippen LogP contribution in [0.1, 0.15) is 24.5 Å². The fourth-order valence-corrected chi connectivity index (χ4v) is 2.58. The third kappa shape index (κ3) is 1.95. The van der Waals surface area contributed by atoms with Crippen LogP contribution in [0.3, 0.4) is 0 Å². The Balaban J connectivity index is 2.23. The summed E-state index contributed by atoms with van der Waals surface area (Å²) in [5.74, 6) is 0.00176. The zero-order valence-electron chi connectivity index (χ0n) is 10.8. The molecule has 2 aromatic carbocycles. The van der Waals surface area contributed by atoms with Gasteiger partial charge in [-0.3, -0.25) is 4.79 Å². The molecule has 2 heteroatoms. The number of allylic oxidation sites excluding steroid dienone is 1. The van der Waals surface area contributed by atoms with Crippen molar-refractivity contribution in [1.29, 1.82) is 0 Å². The number of benzene rings is 2. The minimum absolute atomic E-state index is 0.00176. The Labute approximate surface area is 112 Å². The van der Waals surface area contributed by atoms with Gasteiger partial charge in [0.1, 0.15) is 0 Å². The number of carbonyl (C=O) groups is 1. The molecule has 0 fully saturated rings. The molecule has 1 amide bonds. The predicted octanol–water partition coefficient (Wildman–Crippen LogP) is 3.96. The molecule has 0 bridgehead atoms. The van der Waals surface area contributed by atoms with Gasteiger partial charge in [0.15, 0.2) is 0 Å². The number of fused-ring (bicyclic) bond motifs is 1. The lowest BCUT2D eigenvalue weighted by atomic mass is 9.94. The van der Waals surface area contributed by atoms with Gasteiger partial charge in [0, 0.05) is 11.3 Å². The molecule has 1 aliphatic rings. The molecule has 0 saturated carbocycles. The van der Waals surface area contributed by atoms with Crippen LogP contribution in [0.4, 0.5) is 5.69 Å². The van der Waals surface area contributed by atoms with Crippen molar-refractivity contribution in [2.24, 2.45) is 0 Å². The molecule has 1 heterocycles. The summed E-state index contributed by atoms with van der Waals surface area (Å²) in [4.78, 5) is 12.2. The first-order valence-corrected chi connectivity index (χ1v) is 6.50. The van der Waals surface area contributed by atoms with E-state index >= 15 is 0 Å². The number of anilines is 1. The quantitative estimate of drug-likeness (QED) is 0.802. The molecule has 2 nitrogen and oxygen atoms in total. The van der Waals surface area contributed by atoms with Crippen LogP contribution in [-0.4, -0.2) is 5.91 Å². The van der Waals surface area contributed by atoms with E-state index in [4.69, 9.17) is 0 Å². The van der Waals surface area contributed by atoms with Gasteiger partial charge < -0.3 is 5.32 Å². The molecule has 1 aliphatic heterocycles. The van der Waals surface area contributed by atoms with Gasteiger partial charge in [-0.25, -0.2) is 0 Å². The minimum atomic E-state index is 0.00176. The van der Waals surface area contributed by atoms with Gasteiger partial charge in [0.25, 0.3) is 5.91 Å². The van der Waals surface area contributed by atoms with Crippen LogP contribution in [0.2, 0.25) is 0 Å². The van der Waals surface area contributed by atoms with Gasteiger partial charge in [-0.15, -0.1) is 0 Å². The van der Waals surface area contributed by atoms with Crippen LogP contribution >= 0.6 is 0 Å². The number of para-hydroxylation sites is 1. The van der Waals surface area contributed by atoms with E-state index in [0.29, 0.717) is 0 Å². The van der Waals surface area contributed by atoms with Gasteiger partial charge in [-0.2, -0.15) is 0 Å². The maximum absolute atomic E-state index is 12.2. The number of hydrogen-bond acceptors (Lipinski definition) is 1. The van der Waals surface area contributed by atoms with E-state index in [0.717, 1.165) is 34.4 Å². The first-order valence-electron chi connectivity index (χ1n) is 6.50. The van der Waals surface area contributed by atoms with Crippen LogP contribution in [0.15, 0.2) is 54.6 Å². The van der Waals surface area contributed by atoms with Crippen LogP contribution in [0, 0.1) is 0 Å². The van der Waals surface area contributed by atoms with Crippen LogP contribution in [-0.2, 0) is 4.79 Å². The van der Waals surface area contributed by atoms with Crippen molar-refractivity contribution >= 4 is 22.7 Å². The molecule has 94 valence electrons. The molecule has 0 unspecified atom stereocenters. The third-order valence-electron chi connectivity index (χ3n) is 3.45. The Hall–Kier alpha value is -2.35. The summed E-state index contributed by atoms with van der Waals surface area (Å²) < 4.78 is 0. The minimum Gasteiger partial charge on any atom is -0.321 e. The van der Waals surface area contributed by atoms with Gasteiger partial charge >= 0.3 is 0 Å². The molecule has 0 aromatic heterocycles. The molecule has 19 heavy (non-hydrogen) atoms. The molecule has 2 aromatic rings. The molecule has 1 N–H and O–H groups in total. The van der Waals surface area contributed by atoms with Crippen molar-refractivity contribution in [3.8, 4) is 0 Å². The lowest BCUT2D eigenvalue weighted by Crippen LogP contribution is -2.05. The molecule has 3 rings (SSSR count). The van der Waals surface area contributed by atoms with E-state index in [1.165, 1.54) is 0 Å². The topological polar surface area (TPSA) is 29.1 Å². The second-order valence-electron chi connectivity index (χ2n) is 4.57. The van der Waals surface area contributed by atoms with Crippen molar-refractivity contribution in [1.82, 2.24) is 0 Å². The summed E-state index contributed by atoms with van der Waals surface area (Å²) in [6.45, 7) is 2.09. The summed E-state index contributed by atoms with van der Waals surface area (Å²) in [5.41, 5.74) is 4.94. The van der Waals surface area contributed by atoms with Gasteiger partial charge in [0.05, 0.1) is 5.57 Å². The van der Waals surface area contributed by atoms with Gasteiger partial charge in [0.2, 0.25) is 0 Å². The summed E-state index contributed by atoms with van der Waals surface area (Å²) in [6.07, 6.45) is 0.834. The van der Waals surface area contributed by atoms with E-state index in [2.05, 4.69) is 24.4 Å². The Morgan fingerprint density at radius 2 is 1.68 bits per heavy atom. The summed E-state index contributed by atoms with van der Waals surface area (Å²) in [7, 11) is 0. The first kappa shape index (κ1) is 11.7. The zero-order chi connectivity index (χ0) is 13.2. The zero-order valence-corrected chi connectivity index (χ0v) is 10.8. The molecule has 0 atom stereocenters. The Kier molecular flexibility index (Phi) is 2.92.